The molecule has 0 saturated carbocycles. The van der Waals surface area contributed by atoms with Crippen LogP contribution in [-0.2, 0) is 10.0 Å². The van der Waals surface area contributed by atoms with Gasteiger partial charge < -0.3 is 9.80 Å². The molecule has 0 fully saturated rings. The molecule has 3 rings (SSSR count). The molecule has 0 atom stereocenters. The summed E-state index contributed by atoms with van der Waals surface area (Å²) >= 11 is 0. The third kappa shape index (κ3) is 4.13. The van der Waals surface area contributed by atoms with Gasteiger partial charge in [-0.05, 0) is 47.4 Å². The van der Waals surface area contributed by atoms with Crippen LogP contribution in [0, 0.1) is 6.92 Å². The van der Waals surface area contributed by atoms with Crippen molar-refractivity contribution in [1.82, 2.24) is 0 Å². The first-order valence-corrected chi connectivity index (χ1v) is 10.9. The molecule has 3 aromatic rings. The van der Waals surface area contributed by atoms with Crippen LogP contribution in [0.25, 0.3) is 22.3 Å². The van der Waals surface area contributed by atoms with E-state index in [1.165, 1.54) is 0 Å². The maximum Gasteiger partial charge on any atom is 0.238 e. The summed E-state index contributed by atoms with van der Waals surface area (Å²) in [6, 6.07) is 18.9. The maximum absolute atomic E-state index is 12.4. The van der Waals surface area contributed by atoms with E-state index in [-0.39, 0.29) is 4.90 Å². The Balaban J connectivity index is 2.41. The molecule has 152 valence electrons. The highest BCUT2D eigenvalue weighted by Gasteiger charge is 2.21. The van der Waals surface area contributed by atoms with E-state index in [1.807, 2.05) is 64.6 Å². The lowest BCUT2D eigenvalue weighted by molar-refractivity contribution is 0.598. The Morgan fingerprint density at radius 2 is 1.31 bits per heavy atom. The number of rotatable bonds is 5. The van der Waals surface area contributed by atoms with Crippen molar-refractivity contribution < 1.29 is 8.42 Å². The van der Waals surface area contributed by atoms with Crippen LogP contribution in [0.5, 0.6) is 0 Å². The molecule has 0 aliphatic carbocycles. The molecule has 0 saturated heterocycles. The van der Waals surface area contributed by atoms with Gasteiger partial charge >= 0.3 is 0 Å². The molecule has 5 nitrogen and oxygen atoms in total. The third-order valence-corrected chi connectivity index (χ3v) is 5.98. The smallest absolute Gasteiger partial charge is 0.238 e. The fraction of sp³-hybridized carbons (Fsp3) is 0.217. The Labute approximate surface area is 173 Å². The summed E-state index contributed by atoms with van der Waals surface area (Å²) in [7, 11) is 4.12. The molecule has 0 heterocycles. The fourth-order valence-electron chi connectivity index (χ4n) is 3.68. The van der Waals surface area contributed by atoms with E-state index in [1.54, 1.807) is 12.1 Å². The summed E-state index contributed by atoms with van der Waals surface area (Å²) in [4.78, 5) is 4.26. The van der Waals surface area contributed by atoms with E-state index in [2.05, 4.69) is 28.9 Å². The second-order valence-electron chi connectivity index (χ2n) is 7.52. The van der Waals surface area contributed by atoms with E-state index in [0.717, 1.165) is 33.6 Å². The second-order valence-corrected chi connectivity index (χ2v) is 9.05. The summed E-state index contributed by atoms with van der Waals surface area (Å²) < 4.78 is 24.8. The van der Waals surface area contributed by atoms with Crippen molar-refractivity contribution in [2.24, 2.45) is 5.14 Å². The monoisotopic (exact) mass is 409 g/mol. The fourth-order valence-corrected chi connectivity index (χ4v) is 4.46. The van der Waals surface area contributed by atoms with Gasteiger partial charge in [-0.25, -0.2) is 13.6 Å². The summed E-state index contributed by atoms with van der Waals surface area (Å²) in [5.41, 5.74) is 6.51. The van der Waals surface area contributed by atoms with Crippen LogP contribution in [-0.4, -0.2) is 36.6 Å². The second kappa shape index (κ2) is 7.89. The van der Waals surface area contributed by atoms with E-state index < -0.39 is 10.0 Å². The molecule has 29 heavy (non-hydrogen) atoms. The molecule has 0 aliphatic heterocycles. The van der Waals surface area contributed by atoms with Gasteiger partial charge in [-0.2, -0.15) is 0 Å². The van der Waals surface area contributed by atoms with Gasteiger partial charge in [0.1, 0.15) is 0 Å². The lowest BCUT2D eigenvalue weighted by Gasteiger charge is -2.25. The van der Waals surface area contributed by atoms with Crippen molar-refractivity contribution in [2.75, 3.05) is 38.0 Å². The van der Waals surface area contributed by atoms with E-state index in [4.69, 9.17) is 5.14 Å². The van der Waals surface area contributed by atoms with Crippen LogP contribution >= 0.6 is 0 Å². The number of benzene rings is 3. The molecular formula is C23H27N3O2S. The first kappa shape index (κ1) is 20.9. The lowest BCUT2D eigenvalue weighted by Crippen LogP contribution is -2.16. The van der Waals surface area contributed by atoms with Gasteiger partial charge in [-0.3, -0.25) is 0 Å². The van der Waals surface area contributed by atoms with Crippen LogP contribution in [0.2, 0.25) is 0 Å². The molecule has 0 spiro atoms. The average molecular weight is 410 g/mol. The lowest BCUT2D eigenvalue weighted by atomic mass is 9.92. The third-order valence-electron chi connectivity index (χ3n) is 5.02. The molecule has 2 N–H and O–H groups in total. The maximum atomic E-state index is 12.4. The van der Waals surface area contributed by atoms with Crippen molar-refractivity contribution in [3.05, 3.63) is 66.2 Å². The zero-order chi connectivity index (χ0) is 21.3. The Kier molecular flexibility index (Phi) is 5.68. The van der Waals surface area contributed by atoms with Crippen LogP contribution in [0.3, 0.4) is 0 Å². The predicted molar refractivity (Wildman–Crippen MR) is 122 cm³/mol. The van der Waals surface area contributed by atoms with Crippen LogP contribution < -0.4 is 14.9 Å². The minimum atomic E-state index is -3.89. The summed E-state index contributed by atoms with van der Waals surface area (Å²) in [5, 5.41) is 5.58. The quantitative estimate of drug-likeness (QED) is 0.689. The minimum Gasteiger partial charge on any atom is -0.377 e. The number of sulfonamides is 1. The zero-order valence-corrected chi connectivity index (χ0v) is 18.3. The van der Waals surface area contributed by atoms with Crippen molar-refractivity contribution in [3.8, 4) is 22.3 Å². The Bertz CT molecular complexity index is 1110. The normalized spacial score (nSPS) is 11.4. The standard InChI is InChI=1S/C23H27N3O2S/c1-16-20(25(2)3)14-18(15-21(16)26(4)5)19-12-9-13-22(29(24,27)28)23(19)17-10-7-6-8-11-17/h6-15H,1-5H3,(H2,24,27,28). The number of hydrogen-bond acceptors (Lipinski definition) is 4. The number of primary sulfonamides is 1. The molecule has 0 radical (unpaired) electrons. The molecule has 3 aromatic carbocycles. The summed E-state index contributed by atoms with van der Waals surface area (Å²) in [5.74, 6) is 0. The summed E-state index contributed by atoms with van der Waals surface area (Å²) in [6.07, 6.45) is 0. The molecule has 0 aromatic heterocycles. The largest absolute Gasteiger partial charge is 0.377 e. The van der Waals surface area contributed by atoms with Gasteiger partial charge in [0.15, 0.2) is 0 Å². The van der Waals surface area contributed by atoms with Gasteiger partial charge in [0, 0.05) is 45.1 Å². The number of nitrogens with zero attached hydrogens (tertiary/aromatic N) is 2. The van der Waals surface area contributed by atoms with Crippen LogP contribution in [0.15, 0.2) is 65.6 Å². The highest BCUT2D eigenvalue weighted by molar-refractivity contribution is 7.89. The first-order valence-electron chi connectivity index (χ1n) is 9.32. The molecule has 6 heteroatoms. The number of nitrogens with two attached hydrogens (primary N) is 1. The van der Waals surface area contributed by atoms with Crippen molar-refractivity contribution in [3.63, 3.8) is 0 Å². The Morgan fingerprint density at radius 1 is 0.759 bits per heavy atom. The molecule has 0 bridgehead atoms. The highest BCUT2D eigenvalue weighted by atomic mass is 32.2. The van der Waals surface area contributed by atoms with Crippen molar-refractivity contribution in [2.45, 2.75) is 11.8 Å². The minimum absolute atomic E-state index is 0.125. The zero-order valence-electron chi connectivity index (χ0n) is 17.5. The molecule has 0 unspecified atom stereocenters. The van der Waals surface area contributed by atoms with Crippen LogP contribution in [0.1, 0.15) is 5.56 Å². The Morgan fingerprint density at radius 3 is 1.79 bits per heavy atom. The van der Waals surface area contributed by atoms with Gasteiger partial charge in [0.25, 0.3) is 0 Å². The van der Waals surface area contributed by atoms with Gasteiger partial charge in [0.2, 0.25) is 10.0 Å². The van der Waals surface area contributed by atoms with Crippen molar-refractivity contribution >= 4 is 21.4 Å². The van der Waals surface area contributed by atoms with Gasteiger partial charge in [0.05, 0.1) is 4.90 Å². The van der Waals surface area contributed by atoms with Gasteiger partial charge in [-0.15, -0.1) is 0 Å². The number of anilines is 2. The topological polar surface area (TPSA) is 66.6 Å². The van der Waals surface area contributed by atoms with Gasteiger partial charge in [-0.1, -0.05) is 42.5 Å². The molecule has 0 amide bonds. The average Bonchev–Trinajstić information content (AvgIpc) is 2.67. The summed E-state index contributed by atoms with van der Waals surface area (Å²) in [6.45, 7) is 2.09. The number of hydrogen-bond donors (Lipinski definition) is 1. The van der Waals surface area contributed by atoms with E-state index in [0.29, 0.717) is 5.56 Å². The highest BCUT2D eigenvalue weighted by Crippen LogP contribution is 2.40. The van der Waals surface area contributed by atoms with Crippen molar-refractivity contribution in [1.29, 1.82) is 0 Å². The molecule has 0 aliphatic rings. The van der Waals surface area contributed by atoms with Crippen LogP contribution in [0.4, 0.5) is 11.4 Å². The Hall–Kier alpha value is -2.83. The van der Waals surface area contributed by atoms with E-state index >= 15 is 0 Å². The SMILES string of the molecule is Cc1c(N(C)C)cc(-c2cccc(S(N)(=O)=O)c2-c2ccccc2)cc1N(C)C. The molecular weight excluding hydrogens is 382 g/mol. The predicted octanol–water partition coefficient (Wildman–Crippen LogP) is 4.11. The van der Waals surface area contributed by atoms with E-state index in [9.17, 15) is 8.42 Å². The first-order chi connectivity index (χ1) is 13.6.